The Balaban J connectivity index is 2.25. The highest BCUT2D eigenvalue weighted by Crippen LogP contribution is 2.29. The number of carbonyl (C=O) groups excluding carboxylic acids is 1. The third-order valence-electron chi connectivity index (χ3n) is 3.66. The Morgan fingerprint density at radius 1 is 1.24 bits per heavy atom. The van der Waals surface area contributed by atoms with Gasteiger partial charge in [-0.2, -0.15) is 0 Å². The third-order valence-corrected chi connectivity index (χ3v) is 3.66. The number of nitrogens with one attached hydrogen (secondary N) is 2. The van der Waals surface area contributed by atoms with Crippen LogP contribution in [0.5, 0.6) is 0 Å². The van der Waals surface area contributed by atoms with Crippen LogP contribution < -0.4 is 10.6 Å². The maximum absolute atomic E-state index is 11.5. The molecule has 3 nitrogen and oxygen atoms in total. The van der Waals surface area contributed by atoms with Gasteiger partial charge in [-0.3, -0.25) is 4.79 Å². The SMILES string of the molecule is CC(C)NC(=O)CNC1CCCC(C(C)C)C1. The van der Waals surface area contributed by atoms with Crippen LogP contribution >= 0.6 is 0 Å². The molecule has 2 atom stereocenters. The predicted octanol–water partition coefficient (Wildman–Crippen LogP) is 2.32. The summed E-state index contributed by atoms with van der Waals surface area (Å²) < 4.78 is 0. The first-order valence-electron chi connectivity index (χ1n) is 7.01. The lowest BCUT2D eigenvalue weighted by atomic mass is 9.79. The van der Waals surface area contributed by atoms with E-state index >= 15 is 0 Å². The van der Waals surface area contributed by atoms with Crippen LogP contribution in [0.25, 0.3) is 0 Å². The van der Waals surface area contributed by atoms with Crippen LogP contribution in [0.2, 0.25) is 0 Å². The van der Waals surface area contributed by atoms with Crippen LogP contribution in [0, 0.1) is 11.8 Å². The predicted molar refractivity (Wildman–Crippen MR) is 71.9 cm³/mol. The molecule has 100 valence electrons. The minimum absolute atomic E-state index is 0.117. The maximum Gasteiger partial charge on any atom is 0.234 e. The van der Waals surface area contributed by atoms with Crippen molar-refractivity contribution in [1.82, 2.24) is 10.6 Å². The Morgan fingerprint density at radius 2 is 1.94 bits per heavy atom. The van der Waals surface area contributed by atoms with E-state index in [1.165, 1.54) is 25.7 Å². The quantitative estimate of drug-likeness (QED) is 0.774. The molecule has 0 spiro atoms. The summed E-state index contributed by atoms with van der Waals surface area (Å²) in [6, 6.07) is 0.771. The van der Waals surface area contributed by atoms with Crippen LogP contribution in [0.3, 0.4) is 0 Å². The average Bonchev–Trinajstić information content (AvgIpc) is 2.26. The fourth-order valence-corrected chi connectivity index (χ4v) is 2.63. The Bertz CT molecular complexity index is 238. The van der Waals surface area contributed by atoms with Crippen LogP contribution in [-0.4, -0.2) is 24.5 Å². The number of rotatable bonds is 5. The summed E-state index contributed by atoms with van der Waals surface area (Å²) in [7, 11) is 0. The minimum atomic E-state index is 0.117. The zero-order chi connectivity index (χ0) is 12.8. The normalized spacial score (nSPS) is 25.3. The molecule has 0 aromatic heterocycles. The van der Waals surface area contributed by atoms with Gasteiger partial charge in [0.05, 0.1) is 6.54 Å². The summed E-state index contributed by atoms with van der Waals surface area (Å²) in [5, 5.41) is 6.31. The highest BCUT2D eigenvalue weighted by atomic mass is 16.1. The second-order valence-electron chi connectivity index (χ2n) is 5.97. The zero-order valence-corrected chi connectivity index (χ0v) is 11.8. The molecule has 0 radical (unpaired) electrons. The lowest BCUT2D eigenvalue weighted by molar-refractivity contribution is -0.120. The van der Waals surface area contributed by atoms with E-state index < -0.39 is 0 Å². The van der Waals surface area contributed by atoms with Crippen molar-refractivity contribution >= 4 is 5.91 Å². The smallest absolute Gasteiger partial charge is 0.234 e. The van der Waals surface area contributed by atoms with E-state index in [4.69, 9.17) is 0 Å². The van der Waals surface area contributed by atoms with Crippen molar-refractivity contribution in [3.05, 3.63) is 0 Å². The van der Waals surface area contributed by atoms with E-state index in [-0.39, 0.29) is 11.9 Å². The van der Waals surface area contributed by atoms with Crippen molar-refractivity contribution in [3.63, 3.8) is 0 Å². The first-order chi connectivity index (χ1) is 7.99. The molecule has 3 heteroatoms. The summed E-state index contributed by atoms with van der Waals surface area (Å²) >= 11 is 0. The number of hydrogen-bond donors (Lipinski definition) is 2. The number of amides is 1. The second kappa shape index (κ2) is 7.00. The molecule has 2 unspecified atom stereocenters. The summed E-state index contributed by atoms with van der Waals surface area (Å²) in [5.74, 6) is 1.71. The van der Waals surface area contributed by atoms with Crippen LogP contribution in [0.4, 0.5) is 0 Å². The molecular weight excluding hydrogens is 212 g/mol. The van der Waals surface area contributed by atoms with Gasteiger partial charge in [0.15, 0.2) is 0 Å². The van der Waals surface area contributed by atoms with Gasteiger partial charge in [-0.15, -0.1) is 0 Å². The molecule has 1 amide bonds. The van der Waals surface area contributed by atoms with E-state index in [0.717, 1.165) is 11.8 Å². The Kier molecular flexibility index (Phi) is 5.96. The highest BCUT2D eigenvalue weighted by Gasteiger charge is 2.24. The van der Waals surface area contributed by atoms with Gasteiger partial charge in [-0.1, -0.05) is 26.7 Å². The highest BCUT2D eigenvalue weighted by molar-refractivity contribution is 5.78. The zero-order valence-electron chi connectivity index (χ0n) is 11.8. The molecule has 17 heavy (non-hydrogen) atoms. The van der Waals surface area contributed by atoms with Gasteiger partial charge in [-0.05, 0) is 38.5 Å². The van der Waals surface area contributed by atoms with E-state index in [0.29, 0.717) is 12.6 Å². The molecule has 0 aliphatic heterocycles. The third kappa shape index (κ3) is 5.53. The molecule has 1 fully saturated rings. The second-order valence-corrected chi connectivity index (χ2v) is 5.97. The Labute approximate surface area is 106 Å². The van der Waals surface area contributed by atoms with Gasteiger partial charge in [-0.25, -0.2) is 0 Å². The molecular formula is C14H28N2O. The maximum atomic E-state index is 11.5. The summed E-state index contributed by atoms with van der Waals surface area (Å²) in [6.45, 7) is 9.06. The fourth-order valence-electron chi connectivity index (χ4n) is 2.63. The Morgan fingerprint density at radius 3 is 2.53 bits per heavy atom. The van der Waals surface area contributed by atoms with Crippen LogP contribution in [0.1, 0.15) is 53.4 Å². The lowest BCUT2D eigenvalue weighted by Crippen LogP contribution is -2.43. The van der Waals surface area contributed by atoms with Crippen LogP contribution in [0.15, 0.2) is 0 Å². The molecule has 1 saturated carbocycles. The number of carbonyl (C=O) groups is 1. The lowest BCUT2D eigenvalue weighted by Gasteiger charge is -2.32. The summed E-state index contributed by atoms with van der Waals surface area (Å²) in [5.41, 5.74) is 0. The van der Waals surface area contributed by atoms with Crippen molar-refractivity contribution in [1.29, 1.82) is 0 Å². The molecule has 0 heterocycles. The molecule has 2 N–H and O–H groups in total. The van der Waals surface area contributed by atoms with Gasteiger partial charge >= 0.3 is 0 Å². The van der Waals surface area contributed by atoms with Gasteiger partial charge in [0.25, 0.3) is 0 Å². The molecule has 0 aromatic rings. The van der Waals surface area contributed by atoms with Crippen molar-refractivity contribution in [2.75, 3.05) is 6.54 Å². The van der Waals surface area contributed by atoms with Gasteiger partial charge in [0, 0.05) is 12.1 Å². The van der Waals surface area contributed by atoms with Crippen molar-refractivity contribution < 1.29 is 4.79 Å². The first-order valence-corrected chi connectivity index (χ1v) is 7.01. The van der Waals surface area contributed by atoms with Crippen molar-refractivity contribution in [2.45, 2.75) is 65.5 Å². The Hall–Kier alpha value is -0.570. The minimum Gasteiger partial charge on any atom is -0.353 e. The standard InChI is InChI=1S/C14H28N2O/c1-10(2)12-6-5-7-13(8-12)15-9-14(17)16-11(3)4/h10-13,15H,5-9H2,1-4H3,(H,16,17). The molecule has 0 bridgehead atoms. The van der Waals surface area contributed by atoms with E-state index in [9.17, 15) is 4.79 Å². The van der Waals surface area contributed by atoms with E-state index in [1.807, 2.05) is 13.8 Å². The molecule has 1 rings (SSSR count). The van der Waals surface area contributed by atoms with E-state index in [2.05, 4.69) is 24.5 Å². The monoisotopic (exact) mass is 240 g/mol. The molecule has 0 aromatic carbocycles. The molecule has 1 aliphatic carbocycles. The largest absolute Gasteiger partial charge is 0.353 e. The van der Waals surface area contributed by atoms with Gasteiger partial charge < -0.3 is 10.6 Å². The average molecular weight is 240 g/mol. The van der Waals surface area contributed by atoms with E-state index in [1.54, 1.807) is 0 Å². The molecule has 0 saturated heterocycles. The number of hydrogen-bond acceptors (Lipinski definition) is 2. The fraction of sp³-hybridized carbons (Fsp3) is 0.929. The van der Waals surface area contributed by atoms with Gasteiger partial charge in [0.1, 0.15) is 0 Å². The summed E-state index contributed by atoms with van der Waals surface area (Å²) in [4.78, 5) is 11.5. The van der Waals surface area contributed by atoms with Crippen LogP contribution in [-0.2, 0) is 4.79 Å². The molecule has 1 aliphatic rings. The topological polar surface area (TPSA) is 41.1 Å². The van der Waals surface area contributed by atoms with Crippen molar-refractivity contribution in [2.24, 2.45) is 11.8 Å². The first kappa shape index (κ1) is 14.5. The van der Waals surface area contributed by atoms with Crippen molar-refractivity contribution in [3.8, 4) is 0 Å². The summed E-state index contributed by atoms with van der Waals surface area (Å²) in [6.07, 6.45) is 5.10. The van der Waals surface area contributed by atoms with Gasteiger partial charge in [0.2, 0.25) is 5.91 Å².